The number of para-hydroxylation sites is 1. The monoisotopic (exact) mass is 321 g/mol. The van der Waals surface area contributed by atoms with Crippen LogP contribution in [0.1, 0.15) is 12.5 Å². The molecule has 6 nitrogen and oxygen atoms in total. The molecule has 0 saturated carbocycles. The maximum absolute atomic E-state index is 12.7. The molecule has 0 spiro atoms. The van der Waals surface area contributed by atoms with Crippen molar-refractivity contribution in [1.29, 1.82) is 0 Å². The largest absolute Gasteiger partial charge is 0.367 e. The summed E-state index contributed by atoms with van der Waals surface area (Å²) in [4.78, 5) is 12.7. The highest BCUT2D eigenvalue weighted by molar-refractivity contribution is 5.75. The van der Waals surface area contributed by atoms with Crippen molar-refractivity contribution in [3.8, 4) is 17.1 Å². The Morgan fingerprint density at radius 1 is 1.17 bits per heavy atom. The van der Waals surface area contributed by atoms with Crippen molar-refractivity contribution in [2.24, 2.45) is 0 Å². The number of aromatic nitrogens is 3. The summed E-state index contributed by atoms with van der Waals surface area (Å²) >= 11 is 0. The molecule has 6 heteroatoms. The van der Waals surface area contributed by atoms with Crippen LogP contribution in [0.4, 0.5) is 5.69 Å². The molecule has 0 aliphatic carbocycles. The first-order chi connectivity index (χ1) is 11.8. The van der Waals surface area contributed by atoms with Crippen molar-refractivity contribution in [1.82, 2.24) is 19.7 Å². The van der Waals surface area contributed by atoms with Crippen LogP contribution in [0.25, 0.3) is 17.1 Å². The quantitative estimate of drug-likeness (QED) is 0.773. The fraction of sp³-hybridized carbons (Fsp3) is 0.222. The van der Waals surface area contributed by atoms with Gasteiger partial charge in [-0.05, 0) is 36.4 Å². The molecule has 0 bridgehead atoms. The zero-order chi connectivity index (χ0) is 16.5. The molecular weight excluding hydrogens is 302 g/mol. The van der Waals surface area contributed by atoms with Crippen molar-refractivity contribution in [3.63, 3.8) is 0 Å². The van der Waals surface area contributed by atoms with Crippen molar-refractivity contribution in [2.75, 3.05) is 11.9 Å². The topological polar surface area (TPSA) is 63.9 Å². The van der Waals surface area contributed by atoms with Gasteiger partial charge < -0.3 is 10.6 Å². The number of nitrogens with zero attached hydrogens (tertiary/aromatic N) is 3. The van der Waals surface area contributed by atoms with Crippen LogP contribution >= 0.6 is 0 Å². The number of anilines is 1. The predicted molar refractivity (Wildman–Crippen MR) is 94.3 cm³/mol. The van der Waals surface area contributed by atoms with Gasteiger partial charge in [0.25, 0.3) is 0 Å². The van der Waals surface area contributed by atoms with E-state index < -0.39 is 0 Å². The van der Waals surface area contributed by atoms with Crippen LogP contribution in [0, 0.1) is 0 Å². The Bertz CT molecular complexity index is 923. The van der Waals surface area contributed by atoms with E-state index >= 15 is 0 Å². The lowest BCUT2D eigenvalue weighted by Crippen LogP contribution is -2.28. The van der Waals surface area contributed by atoms with Crippen LogP contribution in [0.15, 0.2) is 53.3 Å². The van der Waals surface area contributed by atoms with Gasteiger partial charge in [-0.3, -0.25) is 4.57 Å². The highest BCUT2D eigenvalue weighted by atomic mass is 16.2. The molecule has 122 valence electrons. The molecule has 3 aromatic rings. The lowest BCUT2D eigenvalue weighted by atomic mass is 10.1. The smallest absolute Gasteiger partial charge is 0.352 e. The van der Waals surface area contributed by atoms with E-state index in [9.17, 15) is 4.79 Å². The summed E-state index contributed by atoms with van der Waals surface area (Å²) in [7, 11) is 0. The number of rotatable bonds is 4. The fourth-order valence-corrected chi connectivity index (χ4v) is 2.93. The molecule has 0 saturated heterocycles. The first-order valence-corrected chi connectivity index (χ1v) is 8.11. The Kier molecular flexibility index (Phi) is 3.66. The van der Waals surface area contributed by atoms with Gasteiger partial charge in [0.1, 0.15) is 0 Å². The second kappa shape index (κ2) is 5.98. The Hall–Kier alpha value is -2.86. The lowest BCUT2D eigenvalue weighted by molar-refractivity contribution is 0.716. The molecule has 0 fully saturated rings. The Labute approximate surface area is 139 Å². The summed E-state index contributed by atoms with van der Waals surface area (Å²) in [5.74, 6) is 0.700. The molecule has 4 rings (SSSR count). The first kappa shape index (κ1) is 14.7. The molecule has 2 heterocycles. The summed E-state index contributed by atoms with van der Waals surface area (Å²) < 4.78 is 3.13. The van der Waals surface area contributed by atoms with Gasteiger partial charge >= 0.3 is 5.69 Å². The number of nitrogens with one attached hydrogen (secondary N) is 2. The van der Waals surface area contributed by atoms with E-state index in [4.69, 9.17) is 0 Å². The number of fused-ring (bicyclic) bond motifs is 3. The van der Waals surface area contributed by atoms with Crippen LogP contribution in [-0.4, -0.2) is 20.9 Å². The van der Waals surface area contributed by atoms with Crippen LogP contribution in [-0.2, 0) is 13.2 Å². The average molecular weight is 321 g/mol. The van der Waals surface area contributed by atoms with Gasteiger partial charge in [0.15, 0.2) is 5.82 Å². The molecule has 1 aromatic heterocycles. The molecule has 0 unspecified atom stereocenters. The standard InChI is InChI=1S/C18H19N5O/c1-2-19-11-13-7-9-14(10-8-13)23-18(24)22-12-20-16-6-4-3-5-15(16)17(22)21-23/h3-10,19-20H,2,11-12H2,1H3. The lowest BCUT2D eigenvalue weighted by Gasteiger charge is -2.17. The molecule has 1 aliphatic heterocycles. The number of hydrogen-bond donors (Lipinski definition) is 2. The van der Waals surface area contributed by atoms with Crippen LogP contribution in [0.2, 0.25) is 0 Å². The minimum Gasteiger partial charge on any atom is -0.367 e. The Morgan fingerprint density at radius 3 is 2.75 bits per heavy atom. The normalized spacial score (nSPS) is 12.4. The molecule has 0 radical (unpaired) electrons. The van der Waals surface area contributed by atoms with Crippen LogP contribution in [0.3, 0.4) is 0 Å². The van der Waals surface area contributed by atoms with Gasteiger partial charge in [-0.15, -0.1) is 5.10 Å². The summed E-state index contributed by atoms with van der Waals surface area (Å²) in [5.41, 5.74) is 3.78. The second-order valence-electron chi connectivity index (χ2n) is 5.77. The van der Waals surface area contributed by atoms with Crippen molar-refractivity contribution < 1.29 is 0 Å². The molecule has 2 aromatic carbocycles. The van der Waals surface area contributed by atoms with Gasteiger partial charge in [-0.2, -0.15) is 4.68 Å². The van der Waals surface area contributed by atoms with Gasteiger partial charge in [0.2, 0.25) is 0 Å². The predicted octanol–water partition coefficient (Wildman–Crippen LogP) is 2.19. The van der Waals surface area contributed by atoms with Crippen molar-refractivity contribution >= 4 is 5.69 Å². The van der Waals surface area contributed by atoms with E-state index in [0.29, 0.717) is 12.5 Å². The van der Waals surface area contributed by atoms with E-state index in [0.717, 1.165) is 30.0 Å². The maximum Gasteiger partial charge on any atom is 0.352 e. The molecule has 2 N–H and O–H groups in total. The number of hydrogen-bond acceptors (Lipinski definition) is 4. The molecule has 0 atom stereocenters. The summed E-state index contributed by atoms with van der Waals surface area (Å²) in [6.45, 7) is 4.27. The molecule has 1 aliphatic rings. The zero-order valence-electron chi connectivity index (χ0n) is 13.5. The average Bonchev–Trinajstić information content (AvgIpc) is 2.98. The van der Waals surface area contributed by atoms with Crippen molar-refractivity contribution in [3.05, 3.63) is 64.6 Å². The maximum atomic E-state index is 12.7. The van der Waals surface area contributed by atoms with Gasteiger partial charge in [-0.25, -0.2) is 4.79 Å². The van der Waals surface area contributed by atoms with Gasteiger partial charge in [-0.1, -0.05) is 31.2 Å². The molecular formula is C18H19N5O. The van der Waals surface area contributed by atoms with Crippen molar-refractivity contribution in [2.45, 2.75) is 20.1 Å². The number of benzene rings is 2. The highest BCUT2D eigenvalue weighted by Gasteiger charge is 2.21. The second-order valence-corrected chi connectivity index (χ2v) is 5.77. The van der Waals surface area contributed by atoms with E-state index in [1.165, 1.54) is 10.2 Å². The van der Waals surface area contributed by atoms with Gasteiger partial charge in [0.05, 0.1) is 12.4 Å². The van der Waals surface area contributed by atoms with Crippen LogP contribution in [0.5, 0.6) is 0 Å². The zero-order valence-corrected chi connectivity index (χ0v) is 13.5. The molecule has 0 amide bonds. The van der Waals surface area contributed by atoms with E-state index in [1.807, 2.05) is 48.5 Å². The third kappa shape index (κ3) is 2.41. The van der Waals surface area contributed by atoms with E-state index in [2.05, 4.69) is 22.7 Å². The van der Waals surface area contributed by atoms with Gasteiger partial charge in [0, 0.05) is 17.8 Å². The Morgan fingerprint density at radius 2 is 1.96 bits per heavy atom. The molecule has 24 heavy (non-hydrogen) atoms. The summed E-state index contributed by atoms with van der Waals surface area (Å²) in [6, 6.07) is 15.8. The fourth-order valence-electron chi connectivity index (χ4n) is 2.93. The summed E-state index contributed by atoms with van der Waals surface area (Å²) in [6.07, 6.45) is 0. The summed E-state index contributed by atoms with van der Waals surface area (Å²) in [5, 5.41) is 11.1. The third-order valence-electron chi connectivity index (χ3n) is 4.22. The van der Waals surface area contributed by atoms with Crippen LogP contribution < -0.4 is 16.3 Å². The van der Waals surface area contributed by atoms with E-state index in [-0.39, 0.29) is 5.69 Å². The first-order valence-electron chi connectivity index (χ1n) is 8.11. The highest BCUT2D eigenvalue weighted by Crippen LogP contribution is 2.29. The van der Waals surface area contributed by atoms with E-state index in [1.54, 1.807) is 4.57 Å². The third-order valence-corrected chi connectivity index (χ3v) is 4.22. The minimum absolute atomic E-state index is 0.133. The minimum atomic E-state index is -0.133. The SMILES string of the molecule is CCNCc1ccc(-n2nc3n(c2=O)CNc2ccccc2-3)cc1. The Balaban J connectivity index is 1.74.